The van der Waals surface area contributed by atoms with E-state index >= 15 is 0 Å². The van der Waals surface area contributed by atoms with Crippen molar-refractivity contribution in [3.63, 3.8) is 0 Å². The fourth-order valence-electron chi connectivity index (χ4n) is 4.42. The Kier molecular flexibility index (Phi) is 2.97. The molecule has 0 aliphatic heterocycles. The normalized spacial score (nSPS) is 35.6. The fourth-order valence-corrected chi connectivity index (χ4v) is 4.89. The highest BCUT2D eigenvalue weighted by atomic mass is 79.9. The van der Waals surface area contributed by atoms with E-state index in [9.17, 15) is 4.39 Å². The highest BCUT2D eigenvalue weighted by Gasteiger charge is 2.59. The summed E-state index contributed by atoms with van der Waals surface area (Å²) in [6.45, 7) is 7.14. The monoisotopic (exact) mass is 325 g/mol. The molecule has 2 bridgehead atoms. The topological polar surface area (TPSA) is 12.0 Å². The largest absolute Gasteiger partial charge is 0.380 e. The molecule has 3 heteroatoms. The lowest BCUT2D eigenvalue weighted by Gasteiger charge is -2.43. The summed E-state index contributed by atoms with van der Waals surface area (Å²) in [6.07, 6.45) is 3.97. The van der Waals surface area contributed by atoms with E-state index in [1.807, 2.05) is 6.07 Å². The SMILES string of the molecule is CC1(C)C(Nc2ccc(F)cc2Br)[C@]2(C)CC[C@H]1C2. The van der Waals surface area contributed by atoms with Crippen molar-refractivity contribution in [2.45, 2.75) is 46.1 Å². The first-order valence-corrected chi connectivity index (χ1v) is 7.84. The van der Waals surface area contributed by atoms with Crippen LogP contribution in [0.1, 0.15) is 40.0 Å². The van der Waals surface area contributed by atoms with Crippen LogP contribution in [0.15, 0.2) is 22.7 Å². The number of nitrogens with one attached hydrogen (secondary N) is 1. The van der Waals surface area contributed by atoms with Crippen molar-refractivity contribution in [1.82, 2.24) is 0 Å². The van der Waals surface area contributed by atoms with Crippen molar-refractivity contribution in [3.05, 3.63) is 28.5 Å². The Hall–Kier alpha value is -0.570. The summed E-state index contributed by atoms with van der Waals surface area (Å²) in [6, 6.07) is 5.35. The van der Waals surface area contributed by atoms with E-state index < -0.39 is 0 Å². The van der Waals surface area contributed by atoms with Gasteiger partial charge in [0.1, 0.15) is 5.82 Å². The predicted octanol–water partition coefficient (Wildman–Crippen LogP) is 5.21. The summed E-state index contributed by atoms with van der Waals surface area (Å²) >= 11 is 3.46. The molecule has 1 nitrogen and oxygen atoms in total. The molecule has 104 valence electrons. The Morgan fingerprint density at radius 2 is 2.05 bits per heavy atom. The molecule has 2 aliphatic rings. The standard InChI is InChI=1S/C16H21BrFN/c1-15(2)10-6-7-16(3,9-10)14(15)19-13-5-4-11(18)8-12(13)17/h4-5,8,10,14,19H,6-7,9H2,1-3H3/t10-,14?,16+/m0/s1. The second-order valence-corrected chi connectivity index (χ2v) is 7.97. The minimum atomic E-state index is -0.198. The zero-order valence-electron chi connectivity index (χ0n) is 11.8. The lowest BCUT2D eigenvalue weighted by atomic mass is 9.68. The first kappa shape index (κ1) is 13.4. The van der Waals surface area contributed by atoms with Crippen LogP contribution in [0, 0.1) is 22.6 Å². The minimum Gasteiger partial charge on any atom is -0.380 e. The van der Waals surface area contributed by atoms with Crippen LogP contribution in [-0.2, 0) is 0 Å². The van der Waals surface area contributed by atoms with Gasteiger partial charge in [0, 0.05) is 16.2 Å². The summed E-state index contributed by atoms with van der Waals surface area (Å²) < 4.78 is 14.0. The van der Waals surface area contributed by atoms with Crippen molar-refractivity contribution in [2.24, 2.45) is 16.7 Å². The highest BCUT2D eigenvalue weighted by Crippen LogP contribution is 2.63. The average molecular weight is 326 g/mol. The number of halogens is 2. The van der Waals surface area contributed by atoms with E-state index in [4.69, 9.17) is 0 Å². The summed E-state index contributed by atoms with van der Waals surface area (Å²) in [4.78, 5) is 0. The fraction of sp³-hybridized carbons (Fsp3) is 0.625. The zero-order chi connectivity index (χ0) is 13.8. The molecule has 1 aromatic rings. The Morgan fingerprint density at radius 3 is 2.63 bits per heavy atom. The lowest BCUT2D eigenvalue weighted by molar-refractivity contribution is 0.155. The number of fused-ring (bicyclic) bond motifs is 2. The molecule has 1 aromatic carbocycles. The first-order valence-electron chi connectivity index (χ1n) is 7.04. The molecule has 0 spiro atoms. The van der Waals surface area contributed by atoms with Crippen LogP contribution in [0.25, 0.3) is 0 Å². The molecule has 0 radical (unpaired) electrons. The predicted molar refractivity (Wildman–Crippen MR) is 80.7 cm³/mol. The van der Waals surface area contributed by atoms with E-state index in [0.29, 0.717) is 16.9 Å². The molecule has 1 unspecified atom stereocenters. The Labute approximate surface area is 123 Å². The van der Waals surface area contributed by atoms with Gasteiger partial charge in [-0.25, -0.2) is 4.39 Å². The van der Waals surface area contributed by atoms with Crippen LogP contribution in [0.4, 0.5) is 10.1 Å². The minimum absolute atomic E-state index is 0.198. The summed E-state index contributed by atoms with van der Waals surface area (Å²) in [5.74, 6) is 0.616. The number of hydrogen-bond acceptors (Lipinski definition) is 1. The molecule has 3 rings (SSSR count). The van der Waals surface area contributed by atoms with Gasteiger partial charge in [0.15, 0.2) is 0 Å². The van der Waals surface area contributed by atoms with Crippen molar-refractivity contribution in [1.29, 1.82) is 0 Å². The van der Waals surface area contributed by atoms with Gasteiger partial charge in [0.25, 0.3) is 0 Å². The van der Waals surface area contributed by atoms with Gasteiger partial charge < -0.3 is 5.32 Å². The number of rotatable bonds is 2. The maximum absolute atomic E-state index is 13.2. The van der Waals surface area contributed by atoms with Crippen molar-refractivity contribution in [3.8, 4) is 0 Å². The highest BCUT2D eigenvalue weighted by molar-refractivity contribution is 9.10. The van der Waals surface area contributed by atoms with E-state index in [-0.39, 0.29) is 5.82 Å². The Bertz CT molecular complexity index is 509. The quantitative estimate of drug-likeness (QED) is 0.786. The summed E-state index contributed by atoms with van der Waals surface area (Å²) in [7, 11) is 0. The molecule has 1 N–H and O–H groups in total. The lowest BCUT2D eigenvalue weighted by Crippen LogP contribution is -2.45. The van der Waals surface area contributed by atoms with E-state index in [1.165, 1.54) is 31.4 Å². The molecular weight excluding hydrogens is 305 g/mol. The third-order valence-corrected chi connectivity index (χ3v) is 6.16. The van der Waals surface area contributed by atoms with Crippen molar-refractivity contribution >= 4 is 21.6 Å². The molecule has 2 fully saturated rings. The number of hydrogen-bond donors (Lipinski definition) is 1. The summed E-state index contributed by atoms with van der Waals surface area (Å²) in [5, 5.41) is 3.69. The molecule has 3 atom stereocenters. The molecule has 0 amide bonds. The third kappa shape index (κ3) is 2.01. The summed E-state index contributed by atoms with van der Waals surface area (Å²) in [5.41, 5.74) is 1.69. The smallest absolute Gasteiger partial charge is 0.124 e. The van der Waals surface area contributed by atoms with E-state index in [1.54, 1.807) is 0 Å². The Morgan fingerprint density at radius 1 is 1.32 bits per heavy atom. The van der Waals surface area contributed by atoms with Crippen LogP contribution in [0.5, 0.6) is 0 Å². The maximum atomic E-state index is 13.2. The third-order valence-electron chi connectivity index (χ3n) is 5.50. The second-order valence-electron chi connectivity index (χ2n) is 7.12. The van der Waals surface area contributed by atoms with Crippen LogP contribution in [0.2, 0.25) is 0 Å². The molecular formula is C16H21BrFN. The van der Waals surface area contributed by atoms with Crippen molar-refractivity contribution in [2.75, 3.05) is 5.32 Å². The maximum Gasteiger partial charge on any atom is 0.124 e. The first-order chi connectivity index (χ1) is 8.83. The number of benzene rings is 1. The van der Waals surface area contributed by atoms with Gasteiger partial charge in [-0.15, -0.1) is 0 Å². The molecule has 2 aliphatic carbocycles. The van der Waals surface area contributed by atoms with Gasteiger partial charge >= 0.3 is 0 Å². The molecule has 2 saturated carbocycles. The zero-order valence-corrected chi connectivity index (χ0v) is 13.3. The molecule has 0 aromatic heterocycles. The van der Waals surface area contributed by atoms with Crippen LogP contribution in [-0.4, -0.2) is 6.04 Å². The van der Waals surface area contributed by atoms with Gasteiger partial charge in [0.2, 0.25) is 0 Å². The van der Waals surface area contributed by atoms with Crippen LogP contribution < -0.4 is 5.32 Å². The number of anilines is 1. The van der Waals surface area contributed by atoms with Gasteiger partial charge in [-0.05, 0) is 70.1 Å². The van der Waals surface area contributed by atoms with Gasteiger partial charge in [-0.1, -0.05) is 20.8 Å². The van der Waals surface area contributed by atoms with Crippen LogP contribution >= 0.6 is 15.9 Å². The van der Waals surface area contributed by atoms with E-state index in [0.717, 1.165) is 16.1 Å². The van der Waals surface area contributed by atoms with Gasteiger partial charge in [0.05, 0.1) is 0 Å². The van der Waals surface area contributed by atoms with Crippen LogP contribution in [0.3, 0.4) is 0 Å². The molecule has 0 heterocycles. The second kappa shape index (κ2) is 4.21. The van der Waals surface area contributed by atoms with Gasteiger partial charge in [-0.3, -0.25) is 0 Å². The molecule has 0 saturated heterocycles. The molecule has 19 heavy (non-hydrogen) atoms. The average Bonchev–Trinajstić information content (AvgIpc) is 2.78. The van der Waals surface area contributed by atoms with Crippen molar-refractivity contribution < 1.29 is 4.39 Å². The van der Waals surface area contributed by atoms with Gasteiger partial charge in [-0.2, -0.15) is 0 Å². The van der Waals surface area contributed by atoms with E-state index in [2.05, 4.69) is 42.0 Å². The Balaban J connectivity index is 1.90.